The largest absolute Gasteiger partial charge is 0.491 e. The molecule has 0 aliphatic carbocycles. The number of aliphatic hydroxyl groups excluding tert-OH is 1. The van der Waals surface area contributed by atoms with Crippen molar-refractivity contribution in [2.45, 2.75) is 26.4 Å². The first-order valence-corrected chi connectivity index (χ1v) is 8.19. The predicted molar refractivity (Wildman–Crippen MR) is 88.7 cm³/mol. The number of piperidine rings is 1. The summed E-state index contributed by atoms with van der Waals surface area (Å²) in [5.74, 6) is 1.62. The molecule has 0 saturated carbocycles. The molecule has 1 aromatic carbocycles. The van der Waals surface area contributed by atoms with Gasteiger partial charge in [0, 0.05) is 19.6 Å². The zero-order chi connectivity index (χ0) is 16.8. The number of carbonyl (C=O) groups is 1. The number of ether oxygens (including phenoxy) is 2. The molecule has 0 radical (unpaired) electrons. The van der Waals surface area contributed by atoms with Crippen LogP contribution in [0.2, 0.25) is 0 Å². The number of nitrogens with zero attached hydrogens (tertiary/aromatic N) is 1. The molecule has 0 amide bonds. The molecule has 23 heavy (non-hydrogen) atoms. The van der Waals surface area contributed by atoms with Gasteiger partial charge in [0.1, 0.15) is 18.5 Å². The van der Waals surface area contributed by atoms with Crippen LogP contribution in [-0.4, -0.2) is 55.4 Å². The van der Waals surface area contributed by atoms with Crippen LogP contribution >= 0.6 is 0 Å². The van der Waals surface area contributed by atoms with E-state index in [1.54, 1.807) is 24.3 Å². The maximum atomic E-state index is 11.4. The van der Waals surface area contributed by atoms with E-state index in [-0.39, 0.29) is 12.6 Å². The van der Waals surface area contributed by atoms with Crippen LogP contribution < -0.4 is 4.74 Å². The minimum absolute atomic E-state index is 0.247. The number of methoxy groups -OCH3 is 1. The zero-order valence-corrected chi connectivity index (χ0v) is 14.2. The van der Waals surface area contributed by atoms with Gasteiger partial charge in [-0.05, 0) is 42.5 Å². The lowest BCUT2D eigenvalue weighted by Gasteiger charge is -2.35. The van der Waals surface area contributed by atoms with Gasteiger partial charge in [0.15, 0.2) is 0 Å². The highest BCUT2D eigenvalue weighted by atomic mass is 16.5. The topological polar surface area (TPSA) is 59.0 Å². The fourth-order valence-electron chi connectivity index (χ4n) is 3.29. The molecule has 0 bridgehead atoms. The van der Waals surface area contributed by atoms with Crippen molar-refractivity contribution in [3.63, 3.8) is 0 Å². The fourth-order valence-corrected chi connectivity index (χ4v) is 3.29. The first-order valence-electron chi connectivity index (χ1n) is 8.19. The van der Waals surface area contributed by atoms with E-state index in [0.29, 0.717) is 29.7 Å². The third-order valence-electron chi connectivity index (χ3n) is 4.13. The van der Waals surface area contributed by atoms with Crippen molar-refractivity contribution in [3.8, 4) is 5.75 Å². The van der Waals surface area contributed by atoms with E-state index in [9.17, 15) is 9.90 Å². The number of β-amino-alcohol motifs (C(OH)–C–C–N with tert-alkyl or cyclic N) is 1. The Morgan fingerprint density at radius 3 is 2.43 bits per heavy atom. The molecule has 1 aromatic rings. The van der Waals surface area contributed by atoms with E-state index in [1.807, 2.05) is 0 Å². The molecular formula is C18H27NO4. The third-order valence-corrected chi connectivity index (χ3v) is 4.13. The summed E-state index contributed by atoms with van der Waals surface area (Å²) in [6, 6.07) is 6.73. The number of aliphatic hydroxyl groups is 1. The SMILES string of the molecule is COC(=O)c1ccc(OC[C@H](O)CN2C[C@H](C)C[C@H](C)C2)cc1. The van der Waals surface area contributed by atoms with Crippen LogP contribution in [0.1, 0.15) is 30.6 Å². The van der Waals surface area contributed by atoms with Crippen molar-refractivity contribution in [3.05, 3.63) is 29.8 Å². The van der Waals surface area contributed by atoms with Gasteiger partial charge in [-0.15, -0.1) is 0 Å². The summed E-state index contributed by atoms with van der Waals surface area (Å²) in [4.78, 5) is 13.7. The number of hydrogen-bond donors (Lipinski definition) is 1. The van der Waals surface area contributed by atoms with Crippen molar-refractivity contribution in [2.24, 2.45) is 11.8 Å². The first-order chi connectivity index (χ1) is 11.0. The highest BCUT2D eigenvalue weighted by molar-refractivity contribution is 5.89. The molecule has 5 nitrogen and oxygen atoms in total. The Morgan fingerprint density at radius 1 is 1.26 bits per heavy atom. The van der Waals surface area contributed by atoms with Crippen LogP contribution in [0.5, 0.6) is 5.75 Å². The molecule has 128 valence electrons. The van der Waals surface area contributed by atoms with Crippen LogP contribution in [-0.2, 0) is 4.74 Å². The highest BCUT2D eigenvalue weighted by Crippen LogP contribution is 2.21. The molecule has 1 fully saturated rings. The van der Waals surface area contributed by atoms with Gasteiger partial charge in [-0.3, -0.25) is 0 Å². The highest BCUT2D eigenvalue weighted by Gasteiger charge is 2.23. The zero-order valence-electron chi connectivity index (χ0n) is 14.2. The average molecular weight is 321 g/mol. The summed E-state index contributed by atoms with van der Waals surface area (Å²) in [6.45, 7) is 7.47. The molecule has 0 spiro atoms. The Bertz CT molecular complexity index is 492. The quantitative estimate of drug-likeness (QED) is 0.814. The molecule has 5 heteroatoms. The number of likely N-dealkylation sites (tertiary alicyclic amines) is 1. The molecule has 1 saturated heterocycles. The van der Waals surface area contributed by atoms with Crippen LogP contribution in [0.15, 0.2) is 24.3 Å². The molecule has 0 aromatic heterocycles. The molecule has 1 N–H and O–H groups in total. The fraction of sp³-hybridized carbons (Fsp3) is 0.611. The Hall–Kier alpha value is -1.59. The van der Waals surface area contributed by atoms with Gasteiger partial charge < -0.3 is 19.5 Å². The number of esters is 1. The monoisotopic (exact) mass is 321 g/mol. The van der Waals surface area contributed by atoms with Gasteiger partial charge in [-0.25, -0.2) is 4.79 Å². The molecule has 1 aliphatic rings. The van der Waals surface area contributed by atoms with Crippen LogP contribution in [0, 0.1) is 11.8 Å². The number of carbonyl (C=O) groups excluding carboxylic acids is 1. The van der Waals surface area contributed by atoms with Crippen LogP contribution in [0.3, 0.4) is 0 Å². The van der Waals surface area contributed by atoms with Crippen molar-refractivity contribution < 1.29 is 19.4 Å². The smallest absolute Gasteiger partial charge is 0.337 e. The lowest BCUT2D eigenvalue weighted by atomic mass is 9.92. The van der Waals surface area contributed by atoms with Gasteiger partial charge in [-0.2, -0.15) is 0 Å². The van der Waals surface area contributed by atoms with E-state index in [1.165, 1.54) is 13.5 Å². The Kier molecular flexibility index (Phi) is 6.42. The minimum Gasteiger partial charge on any atom is -0.491 e. The second kappa shape index (κ2) is 8.31. The van der Waals surface area contributed by atoms with Gasteiger partial charge in [0.2, 0.25) is 0 Å². The summed E-state index contributed by atoms with van der Waals surface area (Å²) in [5, 5.41) is 10.2. The van der Waals surface area contributed by atoms with Gasteiger partial charge >= 0.3 is 5.97 Å². The lowest BCUT2D eigenvalue weighted by Crippen LogP contribution is -2.43. The molecule has 1 heterocycles. The van der Waals surface area contributed by atoms with E-state index < -0.39 is 6.10 Å². The van der Waals surface area contributed by atoms with Gasteiger partial charge in [0.05, 0.1) is 12.7 Å². The van der Waals surface area contributed by atoms with Crippen molar-refractivity contribution in [2.75, 3.05) is 33.4 Å². The second-order valence-electron chi connectivity index (χ2n) is 6.65. The lowest BCUT2D eigenvalue weighted by molar-refractivity contribution is 0.0428. The minimum atomic E-state index is -0.521. The van der Waals surface area contributed by atoms with Crippen LogP contribution in [0.4, 0.5) is 0 Å². The molecular weight excluding hydrogens is 294 g/mol. The molecule has 2 rings (SSSR count). The van der Waals surface area contributed by atoms with Gasteiger partial charge in [0.25, 0.3) is 0 Å². The summed E-state index contributed by atoms with van der Waals surface area (Å²) in [6.07, 6.45) is 0.739. The molecule has 1 aliphatic heterocycles. The summed E-state index contributed by atoms with van der Waals surface area (Å²) in [7, 11) is 1.35. The maximum absolute atomic E-state index is 11.4. The van der Waals surface area contributed by atoms with E-state index >= 15 is 0 Å². The Balaban J connectivity index is 1.77. The number of hydrogen-bond acceptors (Lipinski definition) is 5. The Morgan fingerprint density at radius 2 is 1.87 bits per heavy atom. The van der Waals surface area contributed by atoms with Gasteiger partial charge in [-0.1, -0.05) is 13.8 Å². The van der Waals surface area contributed by atoms with Crippen molar-refractivity contribution >= 4 is 5.97 Å². The summed E-state index contributed by atoms with van der Waals surface area (Å²) < 4.78 is 10.3. The van der Waals surface area contributed by atoms with E-state index in [4.69, 9.17) is 4.74 Å². The third kappa shape index (κ3) is 5.52. The Labute approximate surface area is 138 Å². The maximum Gasteiger partial charge on any atom is 0.337 e. The predicted octanol–water partition coefficient (Wildman–Crippen LogP) is 2.19. The summed E-state index contributed by atoms with van der Waals surface area (Å²) in [5.41, 5.74) is 0.483. The molecule has 0 unspecified atom stereocenters. The van der Waals surface area contributed by atoms with E-state index in [2.05, 4.69) is 23.5 Å². The summed E-state index contributed by atoms with van der Waals surface area (Å²) >= 11 is 0. The first kappa shape index (κ1) is 17.8. The van der Waals surface area contributed by atoms with Crippen molar-refractivity contribution in [1.29, 1.82) is 0 Å². The second-order valence-corrected chi connectivity index (χ2v) is 6.65. The number of benzene rings is 1. The average Bonchev–Trinajstić information content (AvgIpc) is 2.51. The molecule has 3 atom stereocenters. The van der Waals surface area contributed by atoms with E-state index in [0.717, 1.165) is 13.1 Å². The number of rotatable bonds is 6. The van der Waals surface area contributed by atoms with Crippen LogP contribution in [0.25, 0.3) is 0 Å². The van der Waals surface area contributed by atoms with Crippen molar-refractivity contribution in [1.82, 2.24) is 4.90 Å². The standard InChI is InChI=1S/C18H27NO4/c1-13-8-14(2)10-19(9-13)11-16(20)12-23-17-6-4-15(5-7-17)18(21)22-3/h4-7,13-14,16,20H,8-12H2,1-3H3/t13-,14+,16-/m1/s1. The normalized spacial score (nSPS) is 23.3.